The standard InChI is InChI=1S/C14H9ClO4S/c15-20(18,19)8-5-6-11-12(7-8)14(17)10-4-2-1-3-9(10)13(11)16/h1-7,11-12H. The maximum Gasteiger partial charge on any atom is 0.261 e. The van der Waals surface area contributed by atoms with Crippen LogP contribution in [0.4, 0.5) is 0 Å². The topological polar surface area (TPSA) is 68.3 Å². The van der Waals surface area contributed by atoms with E-state index in [-0.39, 0.29) is 16.5 Å². The molecule has 2 aliphatic carbocycles. The first-order chi connectivity index (χ1) is 9.39. The molecule has 0 bridgehead atoms. The van der Waals surface area contributed by atoms with E-state index in [2.05, 4.69) is 0 Å². The molecule has 0 heterocycles. The Hall–Kier alpha value is -1.72. The second kappa shape index (κ2) is 4.40. The number of carbonyl (C=O) groups is 2. The first-order valence-corrected chi connectivity index (χ1v) is 8.22. The van der Waals surface area contributed by atoms with Gasteiger partial charge in [-0.15, -0.1) is 0 Å². The zero-order valence-electron chi connectivity index (χ0n) is 10.1. The van der Waals surface area contributed by atoms with Crippen LogP contribution in [0, 0.1) is 11.8 Å². The van der Waals surface area contributed by atoms with Gasteiger partial charge in [-0.1, -0.05) is 36.4 Å². The molecule has 0 N–H and O–H groups in total. The minimum Gasteiger partial charge on any atom is -0.293 e. The van der Waals surface area contributed by atoms with E-state index in [0.717, 1.165) is 0 Å². The van der Waals surface area contributed by atoms with E-state index in [4.69, 9.17) is 10.7 Å². The van der Waals surface area contributed by atoms with Crippen LogP contribution in [0.25, 0.3) is 0 Å². The maximum atomic E-state index is 12.4. The monoisotopic (exact) mass is 308 g/mol. The van der Waals surface area contributed by atoms with E-state index < -0.39 is 20.9 Å². The molecule has 4 nitrogen and oxygen atoms in total. The summed E-state index contributed by atoms with van der Waals surface area (Å²) in [5.74, 6) is -1.89. The van der Waals surface area contributed by atoms with Crippen molar-refractivity contribution in [1.82, 2.24) is 0 Å². The van der Waals surface area contributed by atoms with Gasteiger partial charge in [0, 0.05) is 21.8 Å². The van der Waals surface area contributed by atoms with Gasteiger partial charge in [-0.25, -0.2) is 8.42 Å². The third-order valence-electron chi connectivity index (χ3n) is 3.54. The zero-order chi connectivity index (χ0) is 14.5. The van der Waals surface area contributed by atoms with Crippen LogP contribution in [-0.2, 0) is 9.05 Å². The first kappa shape index (κ1) is 13.3. The number of halogens is 1. The van der Waals surface area contributed by atoms with Gasteiger partial charge < -0.3 is 0 Å². The van der Waals surface area contributed by atoms with E-state index >= 15 is 0 Å². The van der Waals surface area contributed by atoms with Crippen molar-refractivity contribution < 1.29 is 18.0 Å². The number of hydrogen-bond acceptors (Lipinski definition) is 4. The lowest BCUT2D eigenvalue weighted by Gasteiger charge is -2.29. The molecular formula is C14H9ClO4S. The van der Waals surface area contributed by atoms with E-state index in [1.54, 1.807) is 24.3 Å². The van der Waals surface area contributed by atoms with Gasteiger partial charge in [0.05, 0.1) is 16.7 Å². The fourth-order valence-corrected chi connectivity index (χ4v) is 3.44. The highest BCUT2D eigenvalue weighted by Gasteiger charge is 2.41. The van der Waals surface area contributed by atoms with Crippen LogP contribution in [0.5, 0.6) is 0 Å². The van der Waals surface area contributed by atoms with E-state index in [9.17, 15) is 18.0 Å². The molecular weight excluding hydrogens is 300 g/mol. The highest BCUT2D eigenvalue weighted by atomic mass is 35.7. The Labute approximate surface area is 120 Å². The number of allylic oxidation sites excluding steroid dienone is 3. The van der Waals surface area contributed by atoms with Gasteiger partial charge in [0.15, 0.2) is 11.6 Å². The SMILES string of the molecule is O=C1c2ccccc2C(=O)C2C=C(S(=O)(=O)Cl)C=CC12. The van der Waals surface area contributed by atoms with Crippen LogP contribution in [0.2, 0.25) is 0 Å². The lowest BCUT2D eigenvalue weighted by Crippen LogP contribution is -2.36. The first-order valence-electron chi connectivity index (χ1n) is 5.92. The second-order valence-corrected chi connectivity index (χ2v) is 7.26. The number of Topliss-reactive ketones (excluding diaryl/α,β-unsaturated/α-hetero) is 2. The molecule has 0 amide bonds. The van der Waals surface area contributed by atoms with Crippen molar-refractivity contribution in [2.75, 3.05) is 0 Å². The number of hydrogen-bond donors (Lipinski definition) is 0. The maximum absolute atomic E-state index is 12.4. The molecule has 0 aliphatic heterocycles. The molecule has 0 fully saturated rings. The summed E-state index contributed by atoms with van der Waals surface area (Å²) in [4.78, 5) is 24.6. The molecule has 2 aliphatic rings. The van der Waals surface area contributed by atoms with Gasteiger partial charge in [-0.3, -0.25) is 9.59 Å². The smallest absolute Gasteiger partial charge is 0.261 e. The summed E-state index contributed by atoms with van der Waals surface area (Å²) < 4.78 is 22.7. The molecule has 0 saturated heterocycles. The predicted octanol–water partition coefficient (Wildman–Crippen LogP) is 2.32. The predicted molar refractivity (Wildman–Crippen MR) is 74.1 cm³/mol. The Bertz CT molecular complexity index is 789. The number of fused-ring (bicyclic) bond motifs is 2. The van der Waals surface area contributed by atoms with Crippen molar-refractivity contribution in [3.63, 3.8) is 0 Å². The molecule has 6 heteroatoms. The average Bonchev–Trinajstić information content (AvgIpc) is 2.43. The van der Waals surface area contributed by atoms with E-state index in [0.29, 0.717) is 11.1 Å². The molecule has 102 valence electrons. The summed E-state index contributed by atoms with van der Waals surface area (Å²) in [5.41, 5.74) is 0.714. The van der Waals surface area contributed by atoms with Gasteiger partial charge in [0.25, 0.3) is 9.05 Å². The van der Waals surface area contributed by atoms with Gasteiger partial charge in [0.2, 0.25) is 0 Å². The van der Waals surface area contributed by atoms with Crippen LogP contribution in [-0.4, -0.2) is 20.0 Å². The molecule has 0 saturated carbocycles. The van der Waals surface area contributed by atoms with E-state index in [1.807, 2.05) is 0 Å². The minimum atomic E-state index is -3.91. The molecule has 0 aromatic heterocycles. The summed E-state index contributed by atoms with van der Waals surface area (Å²) in [7, 11) is 1.37. The molecule has 2 unspecified atom stereocenters. The molecule has 0 radical (unpaired) electrons. The average molecular weight is 309 g/mol. The van der Waals surface area contributed by atoms with Crippen molar-refractivity contribution >= 4 is 31.3 Å². The van der Waals surface area contributed by atoms with Crippen molar-refractivity contribution in [1.29, 1.82) is 0 Å². The molecule has 1 aromatic carbocycles. The third-order valence-corrected chi connectivity index (χ3v) is 4.91. The largest absolute Gasteiger partial charge is 0.293 e. The van der Waals surface area contributed by atoms with Crippen LogP contribution in [0.1, 0.15) is 20.7 Å². The highest BCUT2D eigenvalue weighted by molar-refractivity contribution is 8.17. The van der Waals surface area contributed by atoms with Crippen LogP contribution in [0.3, 0.4) is 0 Å². The lowest BCUT2D eigenvalue weighted by molar-refractivity contribution is 0.0801. The molecule has 1 aromatic rings. The Kier molecular flexibility index (Phi) is 2.92. The van der Waals surface area contributed by atoms with Crippen LogP contribution in [0.15, 0.2) is 47.4 Å². The van der Waals surface area contributed by atoms with Gasteiger partial charge in [0.1, 0.15) is 0 Å². The van der Waals surface area contributed by atoms with Crippen molar-refractivity contribution in [2.24, 2.45) is 11.8 Å². The summed E-state index contributed by atoms with van der Waals surface area (Å²) in [6, 6.07) is 6.55. The van der Waals surface area contributed by atoms with Crippen LogP contribution < -0.4 is 0 Å². The summed E-state index contributed by atoms with van der Waals surface area (Å²) in [5, 5.41) is 0. The van der Waals surface area contributed by atoms with Gasteiger partial charge in [-0.05, 0) is 6.08 Å². The Morgan fingerprint density at radius 3 is 2.05 bits per heavy atom. The van der Waals surface area contributed by atoms with Gasteiger partial charge >= 0.3 is 0 Å². The number of benzene rings is 1. The van der Waals surface area contributed by atoms with Crippen LogP contribution >= 0.6 is 10.7 Å². The third kappa shape index (κ3) is 1.94. The highest BCUT2D eigenvalue weighted by Crippen LogP contribution is 2.36. The summed E-state index contributed by atoms with van der Waals surface area (Å²) in [6.45, 7) is 0. The quantitative estimate of drug-likeness (QED) is 0.747. The lowest BCUT2D eigenvalue weighted by atomic mass is 9.72. The van der Waals surface area contributed by atoms with Gasteiger partial charge in [-0.2, -0.15) is 0 Å². The molecule has 20 heavy (non-hydrogen) atoms. The normalized spacial score (nSPS) is 24.9. The molecule has 0 spiro atoms. The molecule has 3 rings (SSSR count). The van der Waals surface area contributed by atoms with Crippen molar-refractivity contribution in [3.05, 3.63) is 58.5 Å². The number of rotatable bonds is 1. The Morgan fingerprint density at radius 1 is 0.950 bits per heavy atom. The molecule has 2 atom stereocenters. The fraction of sp³-hybridized carbons (Fsp3) is 0.143. The van der Waals surface area contributed by atoms with Crippen molar-refractivity contribution in [3.8, 4) is 0 Å². The second-order valence-electron chi connectivity index (χ2n) is 4.69. The van der Waals surface area contributed by atoms with E-state index in [1.165, 1.54) is 18.2 Å². The Balaban J connectivity index is 2.15. The van der Waals surface area contributed by atoms with Crippen molar-refractivity contribution in [2.45, 2.75) is 0 Å². The Morgan fingerprint density at radius 2 is 1.50 bits per heavy atom. The zero-order valence-corrected chi connectivity index (χ0v) is 11.7. The number of ketones is 2. The fourth-order valence-electron chi connectivity index (χ4n) is 2.58. The summed E-state index contributed by atoms with van der Waals surface area (Å²) in [6.07, 6.45) is 3.99. The summed E-state index contributed by atoms with van der Waals surface area (Å²) >= 11 is 0. The minimum absolute atomic E-state index is 0.138. The number of carbonyl (C=O) groups excluding carboxylic acids is 2.